The number of para-hydroxylation sites is 1. The van der Waals surface area contributed by atoms with Crippen molar-refractivity contribution in [3.05, 3.63) is 54.2 Å². The summed E-state index contributed by atoms with van der Waals surface area (Å²) < 4.78 is 23.9. The molecule has 0 bridgehead atoms. The molecule has 22 heavy (non-hydrogen) atoms. The summed E-state index contributed by atoms with van der Waals surface area (Å²) in [5, 5.41) is 2.75. The Hall–Kier alpha value is -2.34. The zero-order valence-electron chi connectivity index (χ0n) is 12.6. The van der Waals surface area contributed by atoms with E-state index in [1.54, 1.807) is 24.5 Å². The Kier molecular flexibility index (Phi) is 5.55. The van der Waals surface area contributed by atoms with E-state index in [0.717, 1.165) is 5.76 Å². The molecule has 0 spiro atoms. The van der Waals surface area contributed by atoms with Gasteiger partial charge in [-0.15, -0.1) is 0 Å². The van der Waals surface area contributed by atoms with Crippen LogP contribution in [0.4, 0.5) is 4.39 Å². The van der Waals surface area contributed by atoms with Gasteiger partial charge in [-0.1, -0.05) is 12.1 Å². The van der Waals surface area contributed by atoms with Gasteiger partial charge in [-0.2, -0.15) is 0 Å². The van der Waals surface area contributed by atoms with E-state index in [-0.39, 0.29) is 24.3 Å². The normalized spacial score (nSPS) is 12.2. The van der Waals surface area contributed by atoms with Crippen molar-refractivity contribution >= 4 is 5.91 Å². The minimum atomic E-state index is -0.489. The molecule has 0 aliphatic heterocycles. The Bertz CT molecular complexity index is 599. The Morgan fingerprint density at radius 3 is 2.73 bits per heavy atom. The average molecular weight is 306 g/mol. The van der Waals surface area contributed by atoms with Gasteiger partial charge in [0.1, 0.15) is 5.76 Å². The van der Waals surface area contributed by atoms with Crippen molar-refractivity contribution in [3.63, 3.8) is 0 Å². The van der Waals surface area contributed by atoms with Crippen LogP contribution in [0.5, 0.6) is 5.75 Å². The molecule has 5 nitrogen and oxygen atoms in total. The quantitative estimate of drug-likeness (QED) is 0.852. The summed E-state index contributed by atoms with van der Waals surface area (Å²) in [6.45, 7) is 0.138. The molecule has 1 aromatic carbocycles. The fourth-order valence-electron chi connectivity index (χ4n) is 1.99. The van der Waals surface area contributed by atoms with Crippen LogP contribution in [0.25, 0.3) is 0 Å². The number of amides is 1. The Labute approximate surface area is 128 Å². The highest BCUT2D eigenvalue weighted by Gasteiger charge is 2.18. The molecule has 0 aliphatic carbocycles. The van der Waals surface area contributed by atoms with Crippen LogP contribution in [0.15, 0.2) is 47.1 Å². The molecular weight excluding hydrogens is 287 g/mol. The summed E-state index contributed by atoms with van der Waals surface area (Å²) in [6.07, 6.45) is 1.59. The van der Waals surface area contributed by atoms with Gasteiger partial charge in [0.15, 0.2) is 18.2 Å². The number of ether oxygens (including phenoxy) is 1. The molecule has 0 saturated heterocycles. The Morgan fingerprint density at radius 2 is 2.09 bits per heavy atom. The highest BCUT2D eigenvalue weighted by Crippen LogP contribution is 2.18. The summed E-state index contributed by atoms with van der Waals surface area (Å²) in [5.41, 5.74) is 0. The fraction of sp³-hybridized carbons (Fsp3) is 0.312. The van der Waals surface area contributed by atoms with Gasteiger partial charge in [0.2, 0.25) is 0 Å². The van der Waals surface area contributed by atoms with Crippen LogP contribution in [0.1, 0.15) is 11.8 Å². The molecule has 1 unspecified atom stereocenters. The van der Waals surface area contributed by atoms with Gasteiger partial charge in [-0.3, -0.25) is 9.69 Å². The number of nitrogens with one attached hydrogen (secondary N) is 1. The lowest BCUT2D eigenvalue weighted by atomic mass is 10.2. The first-order valence-electron chi connectivity index (χ1n) is 6.92. The van der Waals surface area contributed by atoms with E-state index < -0.39 is 5.82 Å². The van der Waals surface area contributed by atoms with Gasteiger partial charge < -0.3 is 14.5 Å². The van der Waals surface area contributed by atoms with Gasteiger partial charge >= 0.3 is 0 Å². The molecule has 2 aromatic rings. The largest absolute Gasteiger partial charge is 0.481 e. The number of hydrogen-bond acceptors (Lipinski definition) is 4. The Morgan fingerprint density at radius 1 is 1.32 bits per heavy atom. The summed E-state index contributed by atoms with van der Waals surface area (Å²) in [5.74, 6) is 0.0203. The first kappa shape index (κ1) is 16.0. The zero-order chi connectivity index (χ0) is 15.9. The molecule has 1 heterocycles. The molecule has 2 rings (SSSR count). The molecule has 1 atom stereocenters. The minimum absolute atomic E-state index is 0.0628. The molecule has 6 heteroatoms. The smallest absolute Gasteiger partial charge is 0.258 e. The van der Waals surface area contributed by atoms with Crippen LogP contribution in [0.2, 0.25) is 0 Å². The lowest BCUT2D eigenvalue weighted by molar-refractivity contribution is -0.123. The van der Waals surface area contributed by atoms with E-state index in [4.69, 9.17) is 9.15 Å². The monoisotopic (exact) mass is 306 g/mol. The number of carbonyl (C=O) groups is 1. The third-order valence-corrected chi connectivity index (χ3v) is 3.18. The predicted molar refractivity (Wildman–Crippen MR) is 80.0 cm³/mol. The summed E-state index contributed by atoms with van der Waals surface area (Å²) in [7, 11) is 3.80. The fourth-order valence-corrected chi connectivity index (χ4v) is 1.99. The maximum Gasteiger partial charge on any atom is 0.258 e. The highest BCUT2D eigenvalue weighted by molar-refractivity contribution is 5.77. The van der Waals surface area contributed by atoms with Crippen LogP contribution in [0.3, 0.4) is 0 Å². The number of hydrogen-bond donors (Lipinski definition) is 1. The van der Waals surface area contributed by atoms with E-state index in [2.05, 4.69) is 5.32 Å². The van der Waals surface area contributed by atoms with Crippen molar-refractivity contribution in [2.75, 3.05) is 27.2 Å². The number of carbonyl (C=O) groups excluding carboxylic acids is 1. The molecule has 0 saturated carbocycles. The molecule has 1 N–H and O–H groups in total. The number of furan rings is 1. The molecule has 118 valence electrons. The summed E-state index contributed by atoms with van der Waals surface area (Å²) >= 11 is 0. The van der Waals surface area contributed by atoms with Crippen molar-refractivity contribution in [1.82, 2.24) is 10.2 Å². The second kappa shape index (κ2) is 7.61. The predicted octanol–water partition coefficient (Wildman–Crippen LogP) is 2.22. The minimum Gasteiger partial charge on any atom is -0.481 e. The first-order valence-corrected chi connectivity index (χ1v) is 6.92. The summed E-state index contributed by atoms with van der Waals surface area (Å²) in [4.78, 5) is 13.8. The molecule has 1 aromatic heterocycles. The van der Waals surface area contributed by atoms with E-state index in [1.807, 2.05) is 25.1 Å². The van der Waals surface area contributed by atoms with E-state index in [9.17, 15) is 9.18 Å². The number of nitrogens with zero attached hydrogens (tertiary/aromatic N) is 1. The molecule has 0 aliphatic rings. The van der Waals surface area contributed by atoms with Crippen molar-refractivity contribution in [1.29, 1.82) is 0 Å². The third kappa shape index (κ3) is 4.33. The van der Waals surface area contributed by atoms with Crippen LogP contribution >= 0.6 is 0 Å². The standard InChI is InChI=1S/C16H19FN2O3/c1-19(2)13(15-8-5-9-21-15)10-18-16(20)11-22-14-7-4-3-6-12(14)17/h3-9,13H,10-11H2,1-2H3,(H,18,20). The molecule has 0 radical (unpaired) electrons. The van der Waals surface area contributed by atoms with Gasteiger partial charge in [0.25, 0.3) is 5.91 Å². The van der Waals surface area contributed by atoms with Crippen LogP contribution < -0.4 is 10.1 Å². The lowest BCUT2D eigenvalue weighted by Gasteiger charge is -2.22. The first-order chi connectivity index (χ1) is 10.6. The molecule has 0 fully saturated rings. The van der Waals surface area contributed by atoms with Crippen molar-refractivity contribution in [2.45, 2.75) is 6.04 Å². The van der Waals surface area contributed by atoms with Gasteiger partial charge in [-0.05, 0) is 38.4 Å². The van der Waals surface area contributed by atoms with Crippen molar-refractivity contribution < 1.29 is 18.3 Å². The average Bonchev–Trinajstić information content (AvgIpc) is 3.00. The number of benzene rings is 1. The molecule has 1 amide bonds. The number of likely N-dealkylation sites (N-methyl/N-ethyl adjacent to an activating group) is 1. The highest BCUT2D eigenvalue weighted by atomic mass is 19.1. The third-order valence-electron chi connectivity index (χ3n) is 3.18. The second-order valence-electron chi connectivity index (χ2n) is 5.02. The topological polar surface area (TPSA) is 54.7 Å². The second-order valence-corrected chi connectivity index (χ2v) is 5.02. The van der Waals surface area contributed by atoms with Crippen molar-refractivity contribution in [2.24, 2.45) is 0 Å². The lowest BCUT2D eigenvalue weighted by Crippen LogP contribution is -2.36. The Balaban J connectivity index is 1.83. The van der Waals surface area contributed by atoms with Crippen LogP contribution in [0, 0.1) is 5.82 Å². The van der Waals surface area contributed by atoms with E-state index in [0.29, 0.717) is 6.54 Å². The van der Waals surface area contributed by atoms with Gasteiger partial charge in [0, 0.05) is 6.54 Å². The van der Waals surface area contributed by atoms with Gasteiger partial charge in [-0.25, -0.2) is 4.39 Å². The van der Waals surface area contributed by atoms with Crippen LogP contribution in [-0.2, 0) is 4.79 Å². The number of rotatable bonds is 7. The SMILES string of the molecule is CN(C)C(CNC(=O)COc1ccccc1F)c1ccco1. The summed E-state index contributed by atoms with van der Waals surface area (Å²) in [6, 6.07) is 9.55. The zero-order valence-corrected chi connectivity index (χ0v) is 12.6. The number of halogens is 1. The van der Waals surface area contributed by atoms with Crippen LogP contribution in [-0.4, -0.2) is 38.1 Å². The van der Waals surface area contributed by atoms with E-state index >= 15 is 0 Å². The van der Waals surface area contributed by atoms with E-state index in [1.165, 1.54) is 12.1 Å². The molecular formula is C16H19FN2O3. The van der Waals surface area contributed by atoms with Crippen molar-refractivity contribution in [3.8, 4) is 5.75 Å². The van der Waals surface area contributed by atoms with Gasteiger partial charge in [0.05, 0.1) is 12.3 Å². The maximum atomic E-state index is 13.4. The maximum absolute atomic E-state index is 13.4.